The highest BCUT2D eigenvalue weighted by molar-refractivity contribution is 7.91. The summed E-state index contributed by atoms with van der Waals surface area (Å²) in [4.78, 5) is 11.4. The Hall–Kier alpha value is -3.14. The van der Waals surface area contributed by atoms with Crippen LogP contribution < -0.4 is 0 Å². The minimum Gasteiger partial charge on any atom is -0.452 e. The Morgan fingerprint density at radius 2 is 1.70 bits per heavy atom. The van der Waals surface area contributed by atoms with Crippen LogP contribution in [0.15, 0.2) is 63.9 Å². The number of hydrogen-bond acceptors (Lipinski definition) is 7. The van der Waals surface area contributed by atoms with Crippen LogP contribution in [0.25, 0.3) is 11.5 Å². The molecule has 0 atom stereocenters. The first kappa shape index (κ1) is 18.6. The lowest BCUT2D eigenvalue weighted by molar-refractivity contribution is 0.0438. The molecule has 0 amide bonds. The van der Waals surface area contributed by atoms with Gasteiger partial charge in [0.25, 0.3) is 5.89 Å². The summed E-state index contributed by atoms with van der Waals surface area (Å²) in [5, 5.41) is 7.61. The molecule has 0 saturated carbocycles. The topological polar surface area (TPSA) is 99.4 Å². The van der Waals surface area contributed by atoms with E-state index in [0.717, 1.165) is 24.3 Å². The number of ether oxygens (including phenoxy) is 1. The number of carbonyl (C=O) groups is 1. The standard InChI is InChI=1S/C17H12F2N2O5S/c18-17(19)27(23,24)13-8-6-12(7-9-13)16(22)25-10-14-20-21-15(26-14)11-4-2-1-3-5-11/h1-9,17H,10H2. The molecule has 0 aliphatic heterocycles. The molecule has 0 fully saturated rings. The Morgan fingerprint density at radius 3 is 2.33 bits per heavy atom. The number of sulfone groups is 1. The van der Waals surface area contributed by atoms with E-state index in [-0.39, 0.29) is 24.0 Å². The van der Waals surface area contributed by atoms with E-state index in [4.69, 9.17) is 9.15 Å². The highest BCUT2D eigenvalue weighted by Crippen LogP contribution is 2.20. The average molecular weight is 394 g/mol. The van der Waals surface area contributed by atoms with Crippen LogP contribution in [0.3, 0.4) is 0 Å². The lowest BCUT2D eigenvalue weighted by Crippen LogP contribution is -2.12. The second-order valence-corrected chi connectivity index (χ2v) is 7.19. The Kier molecular flexibility index (Phi) is 5.26. The van der Waals surface area contributed by atoms with Gasteiger partial charge < -0.3 is 9.15 Å². The van der Waals surface area contributed by atoms with Crippen LogP contribution in [0, 0.1) is 0 Å². The molecular formula is C17H12F2N2O5S. The maximum absolute atomic E-state index is 12.5. The number of esters is 1. The zero-order valence-electron chi connectivity index (χ0n) is 13.6. The van der Waals surface area contributed by atoms with Crippen LogP contribution in [-0.2, 0) is 21.2 Å². The van der Waals surface area contributed by atoms with Gasteiger partial charge in [0.1, 0.15) is 0 Å². The van der Waals surface area contributed by atoms with Crippen LogP contribution >= 0.6 is 0 Å². The molecule has 0 bridgehead atoms. The molecule has 3 rings (SSSR count). The zero-order chi connectivity index (χ0) is 19.4. The first-order chi connectivity index (χ1) is 12.9. The highest BCUT2D eigenvalue weighted by atomic mass is 32.2. The lowest BCUT2D eigenvalue weighted by Gasteiger charge is -2.05. The molecule has 140 valence electrons. The van der Waals surface area contributed by atoms with Crippen molar-refractivity contribution in [1.29, 1.82) is 0 Å². The van der Waals surface area contributed by atoms with Crippen LogP contribution in [0.5, 0.6) is 0 Å². The molecule has 0 spiro atoms. The summed E-state index contributed by atoms with van der Waals surface area (Å²) in [7, 11) is -4.72. The van der Waals surface area contributed by atoms with Crippen molar-refractivity contribution in [2.45, 2.75) is 17.3 Å². The number of hydrogen-bond donors (Lipinski definition) is 0. The van der Waals surface area contributed by atoms with Crippen LogP contribution in [0.2, 0.25) is 0 Å². The number of halogens is 2. The smallest absolute Gasteiger partial charge is 0.341 e. The Bertz CT molecular complexity index is 1030. The first-order valence-corrected chi connectivity index (χ1v) is 9.09. The Balaban J connectivity index is 1.64. The van der Waals surface area contributed by atoms with E-state index in [1.54, 1.807) is 24.3 Å². The second-order valence-electron chi connectivity index (χ2n) is 5.27. The Labute approximate surface area is 152 Å². The molecule has 2 aromatic carbocycles. The van der Waals surface area contributed by atoms with E-state index in [9.17, 15) is 22.0 Å². The van der Waals surface area contributed by atoms with Crippen molar-refractivity contribution in [2.24, 2.45) is 0 Å². The van der Waals surface area contributed by atoms with Gasteiger partial charge in [0, 0.05) is 5.56 Å². The third kappa shape index (κ3) is 4.17. The van der Waals surface area contributed by atoms with Crippen molar-refractivity contribution in [2.75, 3.05) is 0 Å². The third-order valence-electron chi connectivity index (χ3n) is 3.47. The summed E-state index contributed by atoms with van der Waals surface area (Å²) in [6.45, 7) is -0.296. The normalized spacial score (nSPS) is 11.5. The number of aromatic nitrogens is 2. The van der Waals surface area contributed by atoms with Gasteiger partial charge in [0.15, 0.2) is 6.61 Å². The third-order valence-corrected chi connectivity index (χ3v) is 4.87. The zero-order valence-corrected chi connectivity index (χ0v) is 14.4. The quantitative estimate of drug-likeness (QED) is 0.592. The molecule has 1 aromatic heterocycles. The van der Waals surface area contributed by atoms with Gasteiger partial charge in [0.2, 0.25) is 15.7 Å². The van der Waals surface area contributed by atoms with Crippen molar-refractivity contribution in [3.8, 4) is 11.5 Å². The molecule has 0 aliphatic carbocycles. The van der Waals surface area contributed by atoms with Crippen molar-refractivity contribution in [3.05, 3.63) is 66.1 Å². The fraction of sp³-hybridized carbons (Fsp3) is 0.118. The van der Waals surface area contributed by atoms with Crippen molar-refractivity contribution < 1.29 is 31.1 Å². The maximum Gasteiger partial charge on any atom is 0.341 e. The lowest BCUT2D eigenvalue weighted by atomic mass is 10.2. The number of carbonyl (C=O) groups excluding carboxylic acids is 1. The molecule has 10 heteroatoms. The van der Waals surface area contributed by atoms with E-state index in [2.05, 4.69) is 10.2 Å². The van der Waals surface area contributed by atoms with Gasteiger partial charge in [-0.2, -0.15) is 8.78 Å². The van der Waals surface area contributed by atoms with Gasteiger partial charge in [-0.3, -0.25) is 0 Å². The van der Waals surface area contributed by atoms with Crippen molar-refractivity contribution in [1.82, 2.24) is 10.2 Å². The number of benzene rings is 2. The molecule has 0 radical (unpaired) electrons. The Morgan fingerprint density at radius 1 is 1.04 bits per heavy atom. The minimum absolute atomic E-state index is 0.00832. The summed E-state index contributed by atoms with van der Waals surface area (Å²) in [6, 6.07) is 13.0. The molecule has 0 N–H and O–H groups in total. The molecule has 0 aliphatic rings. The minimum atomic E-state index is -4.72. The second kappa shape index (κ2) is 7.62. The fourth-order valence-electron chi connectivity index (χ4n) is 2.10. The van der Waals surface area contributed by atoms with Crippen LogP contribution in [0.4, 0.5) is 8.78 Å². The molecule has 1 heterocycles. The van der Waals surface area contributed by atoms with E-state index in [1.807, 2.05) is 6.07 Å². The van der Waals surface area contributed by atoms with Gasteiger partial charge in [0.05, 0.1) is 10.5 Å². The number of rotatable bonds is 6. The molecule has 7 nitrogen and oxygen atoms in total. The van der Waals surface area contributed by atoms with Gasteiger partial charge in [-0.25, -0.2) is 13.2 Å². The van der Waals surface area contributed by atoms with Crippen molar-refractivity contribution >= 4 is 15.8 Å². The van der Waals surface area contributed by atoms with Crippen LogP contribution in [0.1, 0.15) is 16.2 Å². The van der Waals surface area contributed by atoms with E-state index < -0.39 is 26.5 Å². The molecule has 0 saturated heterocycles. The first-order valence-electron chi connectivity index (χ1n) is 7.55. The largest absolute Gasteiger partial charge is 0.452 e. The molecule has 0 unspecified atom stereocenters. The predicted octanol–water partition coefficient (Wildman–Crippen LogP) is 3.09. The summed E-state index contributed by atoms with van der Waals surface area (Å²) in [5.41, 5.74) is 0.699. The monoisotopic (exact) mass is 394 g/mol. The van der Waals surface area contributed by atoms with E-state index in [1.165, 1.54) is 0 Å². The van der Waals surface area contributed by atoms with Crippen molar-refractivity contribution in [3.63, 3.8) is 0 Å². The number of nitrogens with zero attached hydrogens (tertiary/aromatic N) is 2. The summed E-state index contributed by atoms with van der Waals surface area (Å²) in [6.07, 6.45) is 0. The maximum atomic E-state index is 12.5. The molecular weight excluding hydrogens is 382 g/mol. The molecule has 3 aromatic rings. The van der Waals surface area contributed by atoms with Gasteiger partial charge in [-0.15, -0.1) is 10.2 Å². The summed E-state index contributed by atoms with van der Waals surface area (Å²) in [5.74, 6) is -4.00. The summed E-state index contributed by atoms with van der Waals surface area (Å²) >= 11 is 0. The van der Waals surface area contributed by atoms with Gasteiger partial charge >= 0.3 is 11.7 Å². The van der Waals surface area contributed by atoms with E-state index in [0.29, 0.717) is 5.56 Å². The SMILES string of the molecule is O=C(OCc1nnc(-c2ccccc2)o1)c1ccc(S(=O)(=O)C(F)F)cc1. The predicted molar refractivity (Wildman–Crippen MR) is 88.5 cm³/mol. The molecule has 27 heavy (non-hydrogen) atoms. The number of alkyl halides is 2. The van der Waals surface area contributed by atoms with E-state index >= 15 is 0 Å². The average Bonchev–Trinajstić information content (AvgIpc) is 3.16. The van der Waals surface area contributed by atoms with Crippen LogP contribution in [-0.4, -0.2) is 30.3 Å². The van der Waals surface area contributed by atoms with Gasteiger partial charge in [-0.1, -0.05) is 18.2 Å². The highest BCUT2D eigenvalue weighted by Gasteiger charge is 2.26. The summed E-state index contributed by atoms with van der Waals surface area (Å²) < 4.78 is 58.1. The van der Waals surface area contributed by atoms with Gasteiger partial charge in [-0.05, 0) is 36.4 Å². The fourth-order valence-corrected chi connectivity index (χ4v) is 2.82.